The number of amides is 1. The zero-order valence-corrected chi connectivity index (χ0v) is 11.9. The quantitative estimate of drug-likeness (QED) is 0.909. The van der Waals surface area contributed by atoms with E-state index in [2.05, 4.69) is 5.32 Å². The molecular weight excluding hydrogens is 254 g/mol. The smallest absolute Gasteiger partial charge is 0.237 e. The molecule has 0 saturated carbocycles. The summed E-state index contributed by atoms with van der Waals surface area (Å²) in [6.07, 6.45) is 1.94. The standard InChI is InChI=1S/C16H17NOS/c1-12(19-2)16(18)17-15-11-7-6-10-14(15)13-8-4-3-5-9-13/h3-12H,1-2H3,(H,17,18). The molecule has 2 nitrogen and oxygen atoms in total. The van der Waals surface area contributed by atoms with Crippen LogP contribution in [0.15, 0.2) is 54.6 Å². The summed E-state index contributed by atoms with van der Waals surface area (Å²) in [5.41, 5.74) is 3.01. The van der Waals surface area contributed by atoms with Gasteiger partial charge in [-0.1, -0.05) is 48.5 Å². The summed E-state index contributed by atoms with van der Waals surface area (Å²) in [5.74, 6) is 0.0379. The van der Waals surface area contributed by atoms with Gasteiger partial charge in [0.15, 0.2) is 0 Å². The molecule has 19 heavy (non-hydrogen) atoms. The zero-order valence-electron chi connectivity index (χ0n) is 11.1. The first-order valence-electron chi connectivity index (χ1n) is 6.20. The Morgan fingerprint density at radius 3 is 2.37 bits per heavy atom. The maximum atomic E-state index is 12.0. The van der Waals surface area contributed by atoms with Crippen molar-refractivity contribution in [3.05, 3.63) is 54.6 Å². The van der Waals surface area contributed by atoms with E-state index in [0.717, 1.165) is 16.8 Å². The Kier molecular flexibility index (Phi) is 4.63. The Morgan fingerprint density at radius 2 is 1.68 bits per heavy atom. The first-order chi connectivity index (χ1) is 9.22. The molecule has 1 unspecified atom stereocenters. The first kappa shape index (κ1) is 13.7. The monoisotopic (exact) mass is 271 g/mol. The lowest BCUT2D eigenvalue weighted by Gasteiger charge is -2.13. The third-order valence-corrected chi connectivity index (χ3v) is 3.91. The van der Waals surface area contributed by atoms with Gasteiger partial charge >= 0.3 is 0 Å². The fourth-order valence-electron chi connectivity index (χ4n) is 1.80. The van der Waals surface area contributed by atoms with Crippen LogP contribution in [0.25, 0.3) is 11.1 Å². The van der Waals surface area contributed by atoms with Crippen molar-refractivity contribution < 1.29 is 4.79 Å². The van der Waals surface area contributed by atoms with E-state index in [0.29, 0.717) is 0 Å². The SMILES string of the molecule is CSC(C)C(=O)Nc1ccccc1-c1ccccc1. The summed E-state index contributed by atoms with van der Waals surface area (Å²) < 4.78 is 0. The highest BCUT2D eigenvalue weighted by molar-refractivity contribution is 7.99. The van der Waals surface area contributed by atoms with E-state index < -0.39 is 0 Å². The van der Waals surface area contributed by atoms with Crippen LogP contribution in [-0.4, -0.2) is 17.4 Å². The van der Waals surface area contributed by atoms with Gasteiger partial charge in [0, 0.05) is 11.3 Å². The van der Waals surface area contributed by atoms with E-state index in [1.165, 1.54) is 0 Å². The van der Waals surface area contributed by atoms with E-state index in [1.54, 1.807) is 11.8 Å². The molecule has 0 heterocycles. The second-order valence-electron chi connectivity index (χ2n) is 4.28. The lowest BCUT2D eigenvalue weighted by molar-refractivity contribution is -0.115. The van der Waals surface area contributed by atoms with Gasteiger partial charge in [-0.25, -0.2) is 0 Å². The Hall–Kier alpha value is -1.74. The van der Waals surface area contributed by atoms with Gasteiger partial charge in [-0.2, -0.15) is 11.8 Å². The summed E-state index contributed by atoms with van der Waals surface area (Å²) in [7, 11) is 0. The molecule has 0 fully saturated rings. The van der Waals surface area contributed by atoms with Crippen LogP contribution in [-0.2, 0) is 4.79 Å². The lowest BCUT2D eigenvalue weighted by Crippen LogP contribution is -2.22. The number of hydrogen-bond donors (Lipinski definition) is 1. The van der Waals surface area contributed by atoms with E-state index in [9.17, 15) is 4.79 Å². The van der Waals surface area contributed by atoms with Crippen LogP contribution in [0.5, 0.6) is 0 Å². The molecule has 1 N–H and O–H groups in total. The molecule has 1 amide bonds. The normalized spacial score (nSPS) is 11.9. The lowest BCUT2D eigenvalue weighted by atomic mass is 10.0. The third kappa shape index (κ3) is 3.38. The van der Waals surface area contributed by atoms with Crippen LogP contribution < -0.4 is 5.32 Å². The highest BCUT2D eigenvalue weighted by Crippen LogP contribution is 2.27. The molecule has 2 rings (SSSR count). The molecule has 0 spiro atoms. The number of anilines is 1. The average molecular weight is 271 g/mol. The van der Waals surface area contributed by atoms with Gasteiger partial charge in [-0.3, -0.25) is 4.79 Å². The van der Waals surface area contributed by atoms with Gasteiger partial charge in [-0.15, -0.1) is 0 Å². The number of rotatable bonds is 4. The number of benzene rings is 2. The molecule has 0 saturated heterocycles. The molecule has 0 bridgehead atoms. The Balaban J connectivity index is 2.30. The van der Waals surface area contributed by atoms with Crippen molar-refractivity contribution >= 4 is 23.4 Å². The number of carbonyl (C=O) groups is 1. The Morgan fingerprint density at radius 1 is 1.05 bits per heavy atom. The molecule has 98 valence electrons. The van der Waals surface area contributed by atoms with Gasteiger partial charge in [0.2, 0.25) is 5.91 Å². The highest BCUT2D eigenvalue weighted by atomic mass is 32.2. The fourth-order valence-corrected chi connectivity index (χ4v) is 2.08. The van der Waals surface area contributed by atoms with E-state index in [-0.39, 0.29) is 11.2 Å². The number of para-hydroxylation sites is 1. The predicted octanol–water partition coefficient (Wildman–Crippen LogP) is 4.04. The van der Waals surface area contributed by atoms with Crippen LogP contribution in [0, 0.1) is 0 Å². The molecule has 0 radical (unpaired) electrons. The van der Waals surface area contributed by atoms with Crippen LogP contribution >= 0.6 is 11.8 Å². The van der Waals surface area contributed by atoms with Crippen molar-refractivity contribution in [2.75, 3.05) is 11.6 Å². The summed E-state index contributed by atoms with van der Waals surface area (Å²) >= 11 is 1.54. The van der Waals surface area contributed by atoms with Gasteiger partial charge in [0.05, 0.1) is 5.25 Å². The van der Waals surface area contributed by atoms with Crippen LogP contribution in [0.4, 0.5) is 5.69 Å². The van der Waals surface area contributed by atoms with Gasteiger partial charge in [0.25, 0.3) is 0 Å². The molecule has 0 aromatic heterocycles. The number of nitrogens with one attached hydrogen (secondary N) is 1. The topological polar surface area (TPSA) is 29.1 Å². The summed E-state index contributed by atoms with van der Waals surface area (Å²) in [6.45, 7) is 1.91. The second kappa shape index (κ2) is 6.43. The zero-order chi connectivity index (χ0) is 13.7. The van der Waals surface area contributed by atoms with Gasteiger partial charge in [0.1, 0.15) is 0 Å². The molecule has 2 aromatic rings. The van der Waals surface area contributed by atoms with Crippen molar-refractivity contribution in [1.29, 1.82) is 0 Å². The van der Waals surface area contributed by atoms with Crippen LogP contribution in [0.1, 0.15) is 6.92 Å². The largest absolute Gasteiger partial charge is 0.325 e. The molecular formula is C16H17NOS. The highest BCUT2D eigenvalue weighted by Gasteiger charge is 2.13. The maximum Gasteiger partial charge on any atom is 0.237 e. The van der Waals surface area contributed by atoms with Crippen molar-refractivity contribution in [2.24, 2.45) is 0 Å². The van der Waals surface area contributed by atoms with E-state index in [4.69, 9.17) is 0 Å². The Labute approximate surface area is 118 Å². The number of carbonyl (C=O) groups excluding carboxylic acids is 1. The minimum atomic E-state index is -0.0520. The summed E-state index contributed by atoms with van der Waals surface area (Å²) in [4.78, 5) is 12.0. The van der Waals surface area contributed by atoms with Crippen molar-refractivity contribution in [1.82, 2.24) is 0 Å². The fraction of sp³-hybridized carbons (Fsp3) is 0.188. The molecule has 0 aliphatic heterocycles. The van der Waals surface area contributed by atoms with Gasteiger partial charge in [-0.05, 0) is 24.8 Å². The number of thioether (sulfide) groups is 1. The molecule has 0 aliphatic carbocycles. The summed E-state index contributed by atoms with van der Waals surface area (Å²) in [5, 5.41) is 2.95. The van der Waals surface area contributed by atoms with E-state index >= 15 is 0 Å². The van der Waals surface area contributed by atoms with Gasteiger partial charge < -0.3 is 5.32 Å². The maximum absolute atomic E-state index is 12.0. The Bertz CT molecular complexity index is 554. The molecule has 3 heteroatoms. The van der Waals surface area contributed by atoms with Crippen molar-refractivity contribution in [3.63, 3.8) is 0 Å². The predicted molar refractivity (Wildman–Crippen MR) is 83.5 cm³/mol. The average Bonchev–Trinajstić information content (AvgIpc) is 2.47. The molecule has 2 aromatic carbocycles. The minimum Gasteiger partial charge on any atom is -0.325 e. The van der Waals surface area contributed by atoms with Crippen molar-refractivity contribution in [2.45, 2.75) is 12.2 Å². The minimum absolute atomic E-state index is 0.0379. The second-order valence-corrected chi connectivity index (χ2v) is 5.46. The van der Waals surface area contributed by atoms with E-state index in [1.807, 2.05) is 67.8 Å². The van der Waals surface area contributed by atoms with Crippen LogP contribution in [0.2, 0.25) is 0 Å². The molecule has 1 atom stereocenters. The first-order valence-corrected chi connectivity index (χ1v) is 7.49. The van der Waals surface area contributed by atoms with Crippen LogP contribution in [0.3, 0.4) is 0 Å². The van der Waals surface area contributed by atoms with Crippen molar-refractivity contribution in [3.8, 4) is 11.1 Å². The third-order valence-electron chi connectivity index (χ3n) is 2.99. The summed E-state index contributed by atoms with van der Waals surface area (Å²) in [6, 6.07) is 18.0. The molecule has 0 aliphatic rings. The number of hydrogen-bond acceptors (Lipinski definition) is 2.